The summed E-state index contributed by atoms with van der Waals surface area (Å²) in [7, 11) is -2.04. The molecular formula is C17H17N3O5S. The number of benzene rings is 2. The van der Waals surface area contributed by atoms with Crippen LogP contribution in [0.4, 0.5) is 5.69 Å². The molecule has 0 amide bonds. The molecule has 0 spiro atoms. The van der Waals surface area contributed by atoms with Gasteiger partial charge in [-0.3, -0.25) is 10.1 Å². The van der Waals surface area contributed by atoms with Gasteiger partial charge in [0.05, 0.1) is 15.9 Å². The summed E-state index contributed by atoms with van der Waals surface area (Å²) in [6.07, 6.45) is 0.726. The molecule has 0 bridgehead atoms. The van der Waals surface area contributed by atoms with Crippen LogP contribution < -0.4 is 4.72 Å². The molecule has 0 aliphatic rings. The molecule has 0 saturated carbocycles. The van der Waals surface area contributed by atoms with Crippen LogP contribution in [-0.2, 0) is 17.1 Å². The average Bonchev–Trinajstić information content (AvgIpc) is 2.97. The van der Waals surface area contributed by atoms with Gasteiger partial charge < -0.3 is 9.67 Å². The fourth-order valence-corrected chi connectivity index (χ4v) is 3.81. The number of aliphatic hydroxyl groups excluding tert-OH is 1. The molecule has 0 radical (unpaired) electrons. The molecule has 9 heteroatoms. The number of aliphatic hydroxyl groups is 1. The van der Waals surface area contributed by atoms with Crippen molar-refractivity contribution in [2.45, 2.75) is 11.0 Å². The third kappa shape index (κ3) is 3.45. The second-order valence-electron chi connectivity index (χ2n) is 5.83. The van der Waals surface area contributed by atoms with Crippen LogP contribution in [0.25, 0.3) is 10.9 Å². The van der Waals surface area contributed by atoms with E-state index >= 15 is 0 Å². The van der Waals surface area contributed by atoms with Crippen LogP contribution in [0, 0.1) is 10.1 Å². The first-order valence-electron chi connectivity index (χ1n) is 7.76. The van der Waals surface area contributed by atoms with Crippen molar-refractivity contribution in [3.63, 3.8) is 0 Å². The van der Waals surface area contributed by atoms with E-state index in [1.54, 1.807) is 6.20 Å². The molecule has 26 heavy (non-hydrogen) atoms. The zero-order chi connectivity index (χ0) is 18.9. The summed E-state index contributed by atoms with van der Waals surface area (Å²) in [5.74, 6) is 0. The van der Waals surface area contributed by atoms with E-state index in [9.17, 15) is 23.6 Å². The van der Waals surface area contributed by atoms with Crippen molar-refractivity contribution in [2.24, 2.45) is 7.05 Å². The Morgan fingerprint density at radius 2 is 1.85 bits per heavy atom. The summed E-state index contributed by atoms with van der Waals surface area (Å²) < 4.78 is 28.8. The highest BCUT2D eigenvalue weighted by Gasteiger charge is 2.20. The Labute approximate surface area is 149 Å². The quantitative estimate of drug-likeness (QED) is 0.506. The highest BCUT2D eigenvalue weighted by Crippen LogP contribution is 2.26. The van der Waals surface area contributed by atoms with Gasteiger partial charge in [0, 0.05) is 48.4 Å². The highest BCUT2D eigenvalue weighted by molar-refractivity contribution is 7.89. The predicted molar refractivity (Wildman–Crippen MR) is 96.2 cm³/mol. The van der Waals surface area contributed by atoms with E-state index in [1.165, 1.54) is 0 Å². The minimum Gasteiger partial charge on any atom is -0.387 e. The maximum absolute atomic E-state index is 12.3. The number of hydrogen-bond donors (Lipinski definition) is 2. The van der Waals surface area contributed by atoms with E-state index in [-0.39, 0.29) is 17.1 Å². The average molecular weight is 375 g/mol. The largest absolute Gasteiger partial charge is 0.387 e. The number of rotatable bonds is 6. The molecule has 2 aromatic carbocycles. The summed E-state index contributed by atoms with van der Waals surface area (Å²) in [5.41, 5.74) is 1.36. The first-order valence-corrected chi connectivity index (χ1v) is 9.24. The fraction of sp³-hybridized carbons (Fsp3) is 0.176. The van der Waals surface area contributed by atoms with Gasteiger partial charge in [0.15, 0.2) is 0 Å². The smallest absolute Gasteiger partial charge is 0.269 e. The van der Waals surface area contributed by atoms with Crippen LogP contribution >= 0.6 is 0 Å². The van der Waals surface area contributed by atoms with E-state index in [0.29, 0.717) is 5.56 Å². The molecule has 0 aliphatic carbocycles. The molecule has 0 aliphatic heterocycles. The number of sulfonamides is 1. The topological polar surface area (TPSA) is 114 Å². The maximum atomic E-state index is 12.3. The molecule has 1 unspecified atom stereocenters. The van der Waals surface area contributed by atoms with Gasteiger partial charge in [-0.15, -0.1) is 0 Å². The van der Waals surface area contributed by atoms with Crippen molar-refractivity contribution in [2.75, 3.05) is 6.54 Å². The molecule has 2 N–H and O–H groups in total. The predicted octanol–water partition coefficient (Wildman–Crippen LogP) is 2.10. The van der Waals surface area contributed by atoms with Crippen molar-refractivity contribution in [1.29, 1.82) is 0 Å². The Balaban J connectivity index is 1.77. The van der Waals surface area contributed by atoms with Gasteiger partial charge in [0.2, 0.25) is 10.0 Å². The number of aryl methyl sites for hydroxylation is 1. The molecule has 0 fully saturated rings. The SMILES string of the molecule is Cn1cc(C(O)CNS(=O)(=O)c2ccc([N+](=O)[O-])cc2)c2ccccc21. The number of nitro groups is 1. The summed E-state index contributed by atoms with van der Waals surface area (Å²) >= 11 is 0. The Morgan fingerprint density at radius 3 is 2.50 bits per heavy atom. The number of fused-ring (bicyclic) bond motifs is 1. The van der Waals surface area contributed by atoms with Crippen molar-refractivity contribution < 1.29 is 18.4 Å². The molecule has 1 atom stereocenters. The standard InChI is InChI=1S/C17H17N3O5S/c1-19-11-15(14-4-2-3-5-16(14)19)17(21)10-18-26(24,25)13-8-6-12(7-9-13)20(22)23/h2-9,11,17-18,21H,10H2,1H3. The Hall–Kier alpha value is -2.75. The minimum atomic E-state index is -3.89. The molecule has 3 rings (SSSR count). The van der Waals surface area contributed by atoms with Crippen molar-refractivity contribution >= 4 is 26.6 Å². The van der Waals surface area contributed by atoms with Crippen LogP contribution in [0.5, 0.6) is 0 Å². The number of nitro benzene ring substituents is 1. The number of nitrogens with zero attached hydrogens (tertiary/aromatic N) is 2. The molecule has 1 heterocycles. The molecule has 0 saturated heterocycles. The first kappa shape index (κ1) is 18.1. The van der Waals surface area contributed by atoms with E-state index in [4.69, 9.17) is 0 Å². The zero-order valence-corrected chi connectivity index (χ0v) is 14.7. The monoisotopic (exact) mass is 375 g/mol. The number of non-ortho nitro benzene ring substituents is 1. The summed E-state index contributed by atoms with van der Waals surface area (Å²) in [6.45, 7) is -0.215. The van der Waals surface area contributed by atoms with Crippen LogP contribution in [-0.4, -0.2) is 29.6 Å². The van der Waals surface area contributed by atoms with E-state index in [0.717, 1.165) is 35.2 Å². The van der Waals surface area contributed by atoms with Gasteiger partial charge in [0.25, 0.3) is 5.69 Å². The van der Waals surface area contributed by atoms with Crippen LogP contribution in [0.1, 0.15) is 11.7 Å². The lowest BCUT2D eigenvalue weighted by molar-refractivity contribution is -0.384. The van der Waals surface area contributed by atoms with E-state index in [1.807, 2.05) is 35.9 Å². The van der Waals surface area contributed by atoms with Gasteiger partial charge in [-0.05, 0) is 18.2 Å². The highest BCUT2D eigenvalue weighted by atomic mass is 32.2. The van der Waals surface area contributed by atoms with Gasteiger partial charge in [-0.25, -0.2) is 13.1 Å². The third-order valence-electron chi connectivity index (χ3n) is 4.11. The van der Waals surface area contributed by atoms with Crippen molar-refractivity contribution in [1.82, 2.24) is 9.29 Å². The second-order valence-corrected chi connectivity index (χ2v) is 7.60. The fourth-order valence-electron chi connectivity index (χ4n) is 2.77. The molecule has 1 aromatic heterocycles. The first-order chi connectivity index (χ1) is 12.3. The molecular weight excluding hydrogens is 358 g/mol. The zero-order valence-electron chi connectivity index (χ0n) is 13.9. The van der Waals surface area contributed by atoms with Crippen LogP contribution in [0.3, 0.4) is 0 Å². The van der Waals surface area contributed by atoms with Crippen LogP contribution in [0.2, 0.25) is 0 Å². The van der Waals surface area contributed by atoms with Crippen molar-refractivity contribution in [3.8, 4) is 0 Å². The summed E-state index contributed by atoms with van der Waals surface area (Å²) in [6, 6.07) is 12.1. The van der Waals surface area contributed by atoms with Gasteiger partial charge >= 0.3 is 0 Å². The molecule has 3 aromatic rings. The Kier molecular flexibility index (Phi) is 4.77. The van der Waals surface area contributed by atoms with Crippen molar-refractivity contribution in [3.05, 3.63) is 70.4 Å². The van der Waals surface area contributed by atoms with E-state index < -0.39 is 21.1 Å². The lowest BCUT2D eigenvalue weighted by Crippen LogP contribution is -2.28. The van der Waals surface area contributed by atoms with Gasteiger partial charge in [0.1, 0.15) is 0 Å². The molecule has 136 valence electrons. The van der Waals surface area contributed by atoms with Gasteiger partial charge in [-0.2, -0.15) is 0 Å². The lowest BCUT2D eigenvalue weighted by atomic mass is 10.1. The van der Waals surface area contributed by atoms with Crippen LogP contribution in [0.15, 0.2) is 59.6 Å². The number of hydrogen-bond acceptors (Lipinski definition) is 5. The minimum absolute atomic E-state index is 0.104. The number of aromatic nitrogens is 1. The number of nitrogens with one attached hydrogen (secondary N) is 1. The number of para-hydroxylation sites is 1. The Bertz CT molecular complexity index is 1060. The van der Waals surface area contributed by atoms with E-state index in [2.05, 4.69) is 4.72 Å². The summed E-state index contributed by atoms with van der Waals surface area (Å²) in [5, 5.41) is 21.9. The summed E-state index contributed by atoms with van der Waals surface area (Å²) in [4.78, 5) is 9.94. The molecule has 8 nitrogen and oxygen atoms in total. The third-order valence-corrected chi connectivity index (χ3v) is 5.55. The second kappa shape index (κ2) is 6.87. The van der Waals surface area contributed by atoms with Gasteiger partial charge in [-0.1, -0.05) is 18.2 Å². The Morgan fingerprint density at radius 1 is 1.19 bits per heavy atom. The maximum Gasteiger partial charge on any atom is 0.269 e. The lowest BCUT2D eigenvalue weighted by Gasteiger charge is -2.12. The normalized spacial score (nSPS) is 13.0.